The van der Waals surface area contributed by atoms with Crippen LogP contribution in [0.5, 0.6) is 5.75 Å². The van der Waals surface area contributed by atoms with E-state index in [1.807, 2.05) is 44.2 Å². The van der Waals surface area contributed by atoms with Crippen molar-refractivity contribution in [2.45, 2.75) is 39.7 Å². The van der Waals surface area contributed by atoms with Gasteiger partial charge in [0.15, 0.2) is 0 Å². The molecule has 0 unspecified atom stereocenters. The highest BCUT2D eigenvalue weighted by Crippen LogP contribution is 2.32. The first-order valence-corrected chi connectivity index (χ1v) is 9.70. The normalized spacial score (nSPS) is 12.7. The van der Waals surface area contributed by atoms with E-state index in [1.165, 1.54) is 17.3 Å². The molecule has 28 heavy (non-hydrogen) atoms. The maximum absolute atomic E-state index is 10.9. The van der Waals surface area contributed by atoms with Crippen molar-refractivity contribution in [2.24, 2.45) is 5.16 Å². The molecule has 0 fully saturated rings. The zero-order valence-electron chi connectivity index (χ0n) is 16.5. The van der Waals surface area contributed by atoms with Crippen LogP contribution in [0.4, 0.5) is 0 Å². The molecule has 0 saturated heterocycles. The number of thioether (sulfide) groups is 1. The van der Waals surface area contributed by atoms with Crippen LogP contribution in [0.25, 0.3) is 4.91 Å². The monoisotopic (exact) mass is 399 g/mol. The van der Waals surface area contributed by atoms with Crippen LogP contribution in [0.1, 0.15) is 43.9 Å². The average molecular weight is 400 g/mol. The van der Waals surface area contributed by atoms with E-state index >= 15 is 0 Å². The number of allylic oxidation sites excluding steroid dienone is 1. The Kier molecular flexibility index (Phi) is 7.29. The number of benzene rings is 2. The summed E-state index contributed by atoms with van der Waals surface area (Å²) < 4.78 is 5.76. The van der Waals surface area contributed by atoms with E-state index in [-0.39, 0.29) is 6.42 Å². The Labute approximate surface area is 169 Å². The molecule has 6 heteroatoms. The van der Waals surface area contributed by atoms with Crippen LogP contribution in [-0.4, -0.2) is 26.9 Å². The standard InChI is InChI=1S/C22H25NO4S/c1-5-19(16-8-6-15(2)7-9-16)28-21(23-26)17-10-12-18(13-11-17)27-22(3,4)14-20(24)25/h5-13,26H,14H2,1-4H3,(H,24,25)/b19-5+,23-21-. The fourth-order valence-corrected chi connectivity index (χ4v) is 3.50. The molecule has 0 amide bonds. The number of aryl methyl sites for hydroxylation is 1. The fourth-order valence-electron chi connectivity index (χ4n) is 2.63. The summed E-state index contributed by atoms with van der Waals surface area (Å²) in [6.07, 6.45) is 1.88. The number of oxime groups is 1. The maximum Gasteiger partial charge on any atom is 0.307 e. The maximum atomic E-state index is 10.9. The molecule has 5 nitrogen and oxygen atoms in total. The van der Waals surface area contributed by atoms with E-state index in [9.17, 15) is 10.0 Å². The van der Waals surface area contributed by atoms with Crippen LogP contribution in [-0.2, 0) is 4.79 Å². The van der Waals surface area contributed by atoms with Crippen LogP contribution in [0, 0.1) is 6.92 Å². The summed E-state index contributed by atoms with van der Waals surface area (Å²) in [6.45, 7) is 7.43. The Balaban J connectivity index is 2.14. The Bertz CT molecular complexity index is 868. The van der Waals surface area contributed by atoms with Crippen molar-refractivity contribution in [3.63, 3.8) is 0 Å². The average Bonchev–Trinajstić information content (AvgIpc) is 2.63. The van der Waals surface area contributed by atoms with Crippen molar-refractivity contribution >= 4 is 27.7 Å². The van der Waals surface area contributed by atoms with Crippen LogP contribution in [0.2, 0.25) is 0 Å². The first-order valence-electron chi connectivity index (χ1n) is 8.88. The molecule has 2 aromatic carbocycles. The number of carboxylic acids is 1. The Hall–Kier alpha value is -2.73. The third-order valence-corrected chi connectivity index (χ3v) is 5.17. The molecule has 0 aliphatic heterocycles. The van der Waals surface area contributed by atoms with Gasteiger partial charge in [-0.2, -0.15) is 0 Å². The molecule has 0 bridgehead atoms. The van der Waals surface area contributed by atoms with Gasteiger partial charge in [0, 0.05) is 10.5 Å². The second kappa shape index (κ2) is 9.46. The highest BCUT2D eigenvalue weighted by molar-refractivity contribution is 8.22. The van der Waals surface area contributed by atoms with Crippen molar-refractivity contribution in [2.75, 3.05) is 0 Å². The van der Waals surface area contributed by atoms with Gasteiger partial charge in [0.1, 0.15) is 16.4 Å². The summed E-state index contributed by atoms with van der Waals surface area (Å²) in [6, 6.07) is 15.2. The van der Waals surface area contributed by atoms with Crippen molar-refractivity contribution in [1.82, 2.24) is 0 Å². The fraction of sp³-hybridized carbons (Fsp3) is 0.273. The van der Waals surface area contributed by atoms with Gasteiger partial charge in [-0.15, -0.1) is 0 Å². The largest absolute Gasteiger partial charge is 0.487 e. The molecule has 0 saturated carbocycles. The van der Waals surface area contributed by atoms with Crippen molar-refractivity contribution in [3.05, 3.63) is 71.3 Å². The van der Waals surface area contributed by atoms with E-state index in [1.54, 1.807) is 38.1 Å². The highest BCUT2D eigenvalue weighted by Gasteiger charge is 2.23. The number of carboxylic acid groups (broad SMARTS) is 1. The SMILES string of the molecule is C/C=C(/S/C(=N\O)c1ccc(OC(C)(C)CC(=O)O)cc1)c1ccc(C)cc1. The van der Waals surface area contributed by atoms with Gasteiger partial charge >= 0.3 is 5.97 Å². The smallest absolute Gasteiger partial charge is 0.307 e. The van der Waals surface area contributed by atoms with Crippen LogP contribution < -0.4 is 4.74 Å². The lowest BCUT2D eigenvalue weighted by molar-refractivity contribution is -0.140. The van der Waals surface area contributed by atoms with E-state index in [2.05, 4.69) is 5.16 Å². The number of carbonyl (C=O) groups is 1. The minimum Gasteiger partial charge on any atom is -0.487 e. The van der Waals surface area contributed by atoms with Gasteiger partial charge in [0.2, 0.25) is 0 Å². The van der Waals surface area contributed by atoms with Crippen LogP contribution >= 0.6 is 11.8 Å². The quantitative estimate of drug-likeness (QED) is 0.276. The van der Waals surface area contributed by atoms with Crippen molar-refractivity contribution in [1.29, 1.82) is 0 Å². The van der Waals surface area contributed by atoms with Gasteiger partial charge in [-0.3, -0.25) is 4.79 Å². The number of hydrogen-bond acceptors (Lipinski definition) is 5. The molecular weight excluding hydrogens is 374 g/mol. The minimum atomic E-state index is -0.914. The summed E-state index contributed by atoms with van der Waals surface area (Å²) in [5, 5.41) is 22.4. The minimum absolute atomic E-state index is 0.102. The van der Waals surface area contributed by atoms with Crippen LogP contribution in [0.3, 0.4) is 0 Å². The summed E-state index contributed by atoms with van der Waals surface area (Å²) >= 11 is 1.37. The predicted molar refractivity (Wildman–Crippen MR) is 114 cm³/mol. The third kappa shape index (κ3) is 6.16. The lowest BCUT2D eigenvalue weighted by Gasteiger charge is -2.24. The molecule has 2 rings (SSSR count). The number of ether oxygens (including phenoxy) is 1. The molecule has 2 N–H and O–H groups in total. The van der Waals surface area contributed by atoms with Crippen molar-refractivity contribution < 1.29 is 19.8 Å². The second-order valence-electron chi connectivity index (χ2n) is 6.98. The van der Waals surface area contributed by atoms with E-state index < -0.39 is 11.6 Å². The van der Waals surface area contributed by atoms with Gasteiger partial charge in [-0.25, -0.2) is 0 Å². The second-order valence-corrected chi connectivity index (χ2v) is 8.01. The van der Waals surface area contributed by atoms with Gasteiger partial charge in [0.05, 0.1) is 6.42 Å². The molecule has 0 atom stereocenters. The van der Waals surface area contributed by atoms with Gasteiger partial charge < -0.3 is 15.1 Å². The molecule has 0 aliphatic carbocycles. The number of rotatable bonds is 7. The zero-order chi connectivity index (χ0) is 20.7. The highest BCUT2D eigenvalue weighted by atomic mass is 32.2. The summed E-state index contributed by atoms with van der Waals surface area (Å²) in [5.74, 6) is -0.357. The van der Waals surface area contributed by atoms with E-state index in [0.29, 0.717) is 10.8 Å². The van der Waals surface area contributed by atoms with E-state index in [4.69, 9.17) is 9.84 Å². The summed E-state index contributed by atoms with van der Waals surface area (Å²) in [5.41, 5.74) is 2.15. The lowest BCUT2D eigenvalue weighted by Crippen LogP contribution is -2.31. The lowest BCUT2D eigenvalue weighted by atomic mass is 10.1. The molecule has 148 valence electrons. The number of hydrogen-bond donors (Lipinski definition) is 2. The number of nitrogens with zero attached hydrogens (tertiary/aromatic N) is 1. The predicted octanol–water partition coefficient (Wildman–Crippen LogP) is 5.56. The molecule has 2 aromatic rings. The molecule has 0 radical (unpaired) electrons. The van der Waals surface area contributed by atoms with Crippen LogP contribution in [0.15, 0.2) is 59.8 Å². The Morgan fingerprint density at radius 1 is 1.11 bits per heavy atom. The number of aliphatic carboxylic acids is 1. The first kappa shape index (κ1) is 21.6. The molecule has 0 aliphatic rings. The van der Waals surface area contributed by atoms with Gasteiger partial charge in [-0.05, 0) is 57.5 Å². The summed E-state index contributed by atoms with van der Waals surface area (Å²) in [7, 11) is 0. The topological polar surface area (TPSA) is 79.1 Å². The first-order chi connectivity index (χ1) is 13.2. The Morgan fingerprint density at radius 3 is 2.18 bits per heavy atom. The molecule has 0 spiro atoms. The zero-order valence-corrected chi connectivity index (χ0v) is 17.3. The molecular formula is C22H25NO4S. The van der Waals surface area contributed by atoms with Crippen molar-refractivity contribution in [3.8, 4) is 5.75 Å². The third-order valence-electron chi connectivity index (χ3n) is 3.97. The van der Waals surface area contributed by atoms with E-state index in [0.717, 1.165) is 16.0 Å². The van der Waals surface area contributed by atoms with Gasteiger partial charge in [0.25, 0.3) is 0 Å². The van der Waals surface area contributed by atoms with Gasteiger partial charge in [-0.1, -0.05) is 52.8 Å². The molecule has 0 heterocycles. The Morgan fingerprint density at radius 2 is 1.68 bits per heavy atom. The summed E-state index contributed by atoms with van der Waals surface area (Å²) in [4.78, 5) is 11.9. The molecule has 0 aromatic heterocycles.